The number of benzene rings is 1. The second-order valence-electron chi connectivity index (χ2n) is 5.08. The van der Waals surface area contributed by atoms with E-state index in [-0.39, 0.29) is 23.4 Å². The topological polar surface area (TPSA) is 66.6 Å². The number of imidazole rings is 1. The van der Waals surface area contributed by atoms with Gasteiger partial charge in [0, 0.05) is 24.5 Å². The van der Waals surface area contributed by atoms with Gasteiger partial charge in [-0.15, -0.1) is 0 Å². The van der Waals surface area contributed by atoms with Crippen molar-refractivity contribution in [3.05, 3.63) is 65.1 Å². The number of anilines is 1. The lowest BCUT2D eigenvalue weighted by Crippen LogP contribution is -2.12. The average Bonchev–Trinajstić information content (AvgIpc) is 2.99. The smallest absolute Gasteiger partial charge is 0.355 e. The highest BCUT2D eigenvalue weighted by molar-refractivity contribution is 5.93. The van der Waals surface area contributed by atoms with Gasteiger partial charge in [-0.3, -0.25) is 4.40 Å². The number of fused-ring (bicyclic) bond motifs is 1. The summed E-state index contributed by atoms with van der Waals surface area (Å²) in [6.45, 7) is 1.44. The Bertz CT molecular complexity index is 906. The third-order valence-corrected chi connectivity index (χ3v) is 3.59. The summed E-state index contributed by atoms with van der Waals surface area (Å²) in [4.78, 5) is 15.5. The molecule has 0 aliphatic carbocycles. The minimum atomic E-state index is -1.15. The summed E-state index contributed by atoms with van der Waals surface area (Å²) in [6, 6.07) is 6.14. The van der Waals surface area contributed by atoms with Crippen LogP contribution in [0, 0.1) is 18.6 Å². The number of aryl methyl sites for hydroxylation is 1. The van der Waals surface area contributed by atoms with E-state index in [1.807, 2.05) is 0 Å². The molecule has 1 aromatic carbocycles. The van der Waals surface area contributed by atoms with Crippen LogP contribution in [0.4, 0.5) is 14.5 Å². The van der Waals surface area contributed by atoms with Gasteiger partial charge < -0.3 is 10.4 Å². The number of aromatic carboxylic acids is 1. The van der Waals surface area contributed by atoms with Gasteiger partial charge in [0.15, 0.2) is 17.3 Å². The normalized spacial score (nSPS) is 10.9. The number of hydrogen-bond donors (Lipinski definition) is 2. The molecule has 0 atom stereocenters. The number of aromatic nitrogens is 2. The van der Waals surface area contributed by atoms with Crippen molar-refractivity contribution in [3.8, 4) is 0 Å². The molecule has 0 aliphatic heterocycles. The van der Waals surface area contributed by atoms with Gasteiger partial charge in [-0.1, -0.05) is 12.1 Å². The lowest BCUT2D eigenvalue weighted by Gasteiger charge is -2.12. The SMILES string of the molecule is Cc1ccc(CNc2ccc3nccn3c2C(=O)O)c(F)c1F. The Morgan fingerprint density at radius 3 is 2.78 bits per heavy atom. The van der Waals surface area contributed by atoms with E-state index in [0.717, 1.165) is 0 Å². The molecular formula is C16H13F2N3O2. The second kappa shape index (κ2) is 5.68. The highest BCUT2D eigenvalue weighted by Gasteiger charge is 2.16. The molecule has 2 N–H and O–H groups in total. The van der Waals surface area contributed by atoms with E-state index in [9.17, 15) is 18.7 Å². The molecule has 0 fully saturated rings. The van der Waals surface area contributed by atoms with E-state index in [4.69, 9.17) is 0 Å². The van der Waals surface area contributed by atoms with E-state index in [1.54, 1.807) is 12.1 Å². The fraction of sp³-hybridized carbons (Fsp3) is 0.125. The highest BCUT2D eigenvalue weighted by Crippen LogP contribution is 2.21. The van der Waals surface area contributed by atoms with Crippen molar-refractivity contribution in [2.45, 2.75) is 13.5 Å². The Labute approximate surface area is 130 Å². The molecule has 118 valence electrons. The Hall–Kier alpha value is -2.96. The number of pyridine rings is 1. The van der Waals surface area contributed by atoms with E-state index in [2.05, 4.69) is 10.3 Å². The molecule has 3 rings (SSSR count). The van der Waals surface area contributed by atoms with Crippen molar-refractivity contribution in [2.24, 2.45) is 0 Å². The first-order valence-electron chi connectivity index (χ1n) is 6.85. The van der Waals surface area contributed by atoms with Gasteiger partial charge in [0.1, 0.15) is 5.65 Å². The van der Waals surface area contributed by atoms with Crippen LogP contribution in [0.2, 0.25) is 0 Å². The summed E-state index contributed by atoms with van der Waals surface area (Å²) in [5.74, 6) is -2.97. The maximum absolute atomic E-state index is 13.9. The zero-order chi connectivity index (χ0) is 16.6. The van der Waals surface area contributed by atoms with Gasteiger partial charge in [0.05, 0.1) is 5.69 Å². The number of carbonyl (C=O) groups is 1. The van der Waals surface area contributed by atoms with Crippen molar-refractivity contribution in [1.29, 1.82) is 0 Å². The Morgan fingerprint density at radius 1 is 1.26 bits per heavy atom. The first-order chi connectivity index (χ1) is 11.0. The van der Waals surface area contributed by atoms with E-state index in [1.165, 1.54) is 35.9 Å². The van der Waals surface area contributed by atoms with Gasteiger partial charge in [0.25, 0.3) is 0 Å². The fourth-order valence-electron chi connectivity index (χ4n) is 2.37. The third-order valence-electron chi connectivity index (χ3n) is 3.59. The monoisotopic (exact) mass is 317 g/mol. The van der Waals surface area contributed by atoms with Gasteiger partial charge >= 0.3 is 5.97 Å². The van der Waals surface area contributed by atoms with Crippen molar-refractivity contribution >= 4 is 17.3 Å². The minimum Gasteiger partial charge on any atom is -0.476 e. The van der Waals surface area contributed by atoms with Crippen molar-refractivity contribution in [1.82, 2.24) is 9.38 Å². The lowest BCUT2D eigenvalue weighted by molar-refractivity contribution is 0.0690. The molecule has 0 unspecified atom stereocenters. The zero-order valence-electron chi connectivity index (χ0n) is 12.2. The minimum absolute atomic E-state index is 0.0204. The molecular weight excluding hydrogens is 304 g/mol. The maximum atomic E-state index is 13.9. The second-order valence-corrected chi connectivity index (χ2v) is 5.08. The zero-order valence-corrected chi connectivity index (χ0v) is 12.2. The number of nitrogens with one attached hydrogen (secondary N) is 1. The molecule has 2 heterocycles. The highest BCUT2D eigenvalue weighted by atomic mass is 19.2. The summed E-state index contributed by atoms with van der Waals surface area (Å²) >= 11 is 0. The molecule has 7 heteroatoms. The van der Waals surface area contributed by atoms with Crippen LogP contribution in [0.5, 0.6) is 0 Å². The third kappa shape index (κ3) is 2.61. The van der Waals surface area contributed by atoms with Gasteiger partial charge in [-0.2, -0.15) is 0 Å². The summed E-state index contributed by atoms with van der Waals surface area (Å²) in [7, 11) is 0. The van der Waals surface area contributed by atoms with E-state index in [0.29, 0.717) is 11.3 Å². The van der Waals surface area contributed by atoms with Crippen LogP contribution in [0.3, 0.4) is 0 Å². The quantitative estimate of drug-likeness (QED) is 0.775. The van der Waals surface area contributed by atoms with Gasteiger partial charge in [-0.05, 0) is 24.6 Å². The Morgan fingerprint density at radius 2 is 2.04 bits per heavy atom. The molecule has 0 amide bonds. The summed E-state index contributed by atoms with van der Waals surface area (Å²) in [5.41, 5.74) is 1.10. The molecule has 5 nitrogen and oxygen atoms in total. The number of halogens is 2. The lowest BCUT2D eigenvalue weighted by atomic mass is 10.1. The molecule has 3 aromatic rings. The maximum Gasteiger partial charge on any atom is 0.355 e. The van der Waals surface area contributed by atoms with Crippen LogP contribution in [0.25, 0.3) is 5.65 Å². The summed E-state index contributed by atoms with van der Waals surface area (Å²) < 4.78 is 28.9. The molecule has 0 saturated carbocycles. The molecule has 23 heavy (non-hydrogen) atoms. The van der Waals surface area contributed by atoms with Crippen LogP contribution in [-0.2, 0) is 6.54 Å². The number of rotatable bonds is 4. The predicted octanol–water partition coefficient (Wildman–Crippen LogP) is 3.23. The number of carboxylic acids is 1. The molecule has 0 aliphatic rings. The van der Waals surface area contributed by atoms with Crippen LogP contribution < -0.4 is 5.32 Å². The predicted molar refractivity (Wildman–Crippen MR) is 80.6 cm³/mol. The van der Waals surface area contributed by atoms with E-state index >= 15 is 0 Å². The number of carboxylic acid groups (broad SMARTS) is 1. The van der Waals surface area contributed by atoms with Crippen molar-refractivity contribution < 1.29 is 18.7 Å². The number of nitrogens with zero attached hydrogens (tertiary/aromatic N) is 2. The molecule has 0 saturated heterocycles. The van der Waals surface area contributed by atoms with Gasteiger partial charge in [0.2, 0.25) is 0 Å². The number of hydrogen-bond acceptors (Lipinski definition) is 3. The van der Waals surface area contributed by atoms with Crippen LogP contribution in [0.1, 0.15) is 21.6 Å². The molecule has 2 aromatic heterocycles. The molecule has 0 spiro atoms. The largest absolute Gasteiger partial charge is 0.476 e. The first kappa shape index (κ1) is 15.0. The Kier molecular flexibility index (Phi) is 3.69. The van der Waals surface area contributed by atoms with Crippen molar-refractivity contribution in [2.75, 3.05) is 5.32 Å². The van der Waals surface area contributed by atoms with Gasteiger partial charge in [-0.25, -0.2) is 18.6 Å². The summed E-state index contributed by atoms with van der Waals surface area (Å²) in [5, 5.41) is 12.2. The van der Waals surface area contributed by atoms with Crippen LogP contribution >= 0.6 is 0 Å². The van der Waals surface area contributed by atoms with Crippen LogP contribution in [-0.4, -0.2) is 20.5 Å². The molecule has 0 bridgehead atoms. The standard InChI is InChI=1S/C16H13F2N3O2/c1-9-2-3-10(14(18)13(9)17)8-20-11-4-5-12-19-6-7-21(12)15(11)16(22)23/h2-7,20H,8H2,1H3,(H,22,23). The fourth-order valence-corrected chi connectivity index (χ4v) is 2.37. The van der Waals surface area contributed by atoms with E-state index < -0.39 is 17.6 Å². The van der Waals surface area contributed by atoms with Crippen LogP contribution in [0.15, 0.2) is 36.7 Å². The summed E-state index contributed by atoms with van der Waals surface area (Å²) in [6.07, 6.45) is 3.01. The van der Waals surface area contributed by atoms with Crippen molar-refractivity contribution in [3.63, 3.8) is 0 Å². The Balaban J connectivity index is 1.95. The average molecular weight is 317 g/mol. The first-order valence-corrected chi connectivity index (χ1v) is 6.85. The molecule has 0 radical (unpaired) electrons.